The van der Waals surface area contributed by atoms with Crippen LogP contribution < -0.4 is 14.8 Å². The van der Waals surface area contributed by atoms with Gasteiger partial charge in [-0.05, 0) is 43.4 Å². The number of benzene rings is 1. The molecule has 1 heterocycles. The number of nitrogens with one attached hydrogen (secondary N) is 1. The fraction of sp³-hybridized carbons (Fsp3) is 0.556. The standard InChI is InChI=1S/C18H23NO5/c1-22-14-8-7-11(9-15(14)24-12-5-3-4-6-12)13-10-19-17(20)16(13)18(21)23-2/h7-9,12-13,16H,3-6,10H2,1-2H3,(H,19,20)/t13-,16-/m1/s1. The molecule has 1 aliphatic heterocycles. The van der Waals surface area contributed by atoms with E-state index in [0.29, 0.717) is 18.0 Å². The van der Waals surface area contributed by atoms with Gasteiger partial charge in [-0.15, -0.1) is 0 Å². The highest BCUT2D eigenvalue weighted by atomic mass is 16.5. The average molecular weight is 333 g/mol. The van der Waals surface area contributed by atoms with E-state index in [-0.39, 0.29) is 17.9 Å². The molecule has 130 valence electrons. The minimum absolute atomic E-state index is 0.203. The Labute approximate surface area is 141 Å². The predicted octanol–water partition coefficient (Wildman–Crippen LogP) is 2.02. The highest BCUT2D eigenvalue weighted by molar-refractivity contribution is 6.00. The van der Waals surface area contributed by atoms with E-state index in [1.54, 1.807) is 7.11 Å². The van der Waals surface area contributed by atoms with Crippen LogP contribution in [0.15, 0.2) is 18.2 Å². The van der Waals surface area contributed by atoms with Crippen LogP contribution in [0, 0.1) is 5.92 Å². The fourth-order valence-electron chi connectivity index (χ4n) is 3.53. The van der Waals surface area contributed by atoms with E-state index in [9.17, 15) is 9.59 Å². The van der Waals surface area contributed by atoms with Crippen LogP contribution in [0.1, 0.15) is 37.2 Å². The maximum absolute atomic E-state index is 12.0. The van der Waals surface area contributed by atoms with Gasteiger partial charge in [0.25, 0.3) is 0 Å². The van der Waals surface area contributed by atoms with Crippen molar-refractivity contribution in [1.29, 1.82) is 0 Å². The number of ether oxygens (including phenoxy) is 3. The van der Waals surface area contributed by atoms with Gasteiger partial charge in [-0.25, -0.2) is 0 Å². The summed E-state index contributed by atoms with van der Waals surface area (Å²) in [6.45, 7) is 0.411. The second-order valence-electron chi connectivity index (χ2n) is 6.29. The third-order valence-electron chi connectivity index (χ3n) is 4.85. The second-order valence-corrected chi connectivity index (χ2v) is 6.29. The number of hydrogen-bond donors (Lipinski definition) is 1. The molecule has 1 aromatic rings. The molecule has 1 saturated carbocycles. The molecule has 1 aromatic carbocycles. The zero-order valence-electron chi connectivity index (χ0n) is 14.0. The molecule has 1 aliphatic carbocycles. The zero-order chi connectivity index (χ0) is 17.1. The third-order valence-corrected chi connectivity index (χ3v) is 4.85. The summed E-state index contributed by atoms with van der Waals surface area (Å²) in [5.74, 6) is -0.545. The predicted molar refractivity (Wildman–Crippen MR) is 87.1 cm³/mol. The highest BCUT2D eigenvalue weighted by Gasteiger charge is 2.42. The van der Waals surface area contributed by atoms with Gasteiger partial charge in [0.2, 0.25) is 5.91 Å². The number of methoxy groups -OCH3 is 2. The molecule has 2 atom stereocenters. The molecular formula is C18H23NO5. The van der Waals surface area contributed by atoms with Gasteiger partial charge >= 0.3 is 5.97 Å². The Morgan fingerprint density at radius 1 is 1.17 bits per heavy atom. The van der Waals surface area contributed by atoms with E-state index in [2.05, 4.69) is 5.32 Å². The van der Waals surface area contributed by atoms with E-state index in [0.717, 1.165) is 18.4 Å². The van der Waals surface area contributed by atoms with Crippen molar-refractivity contribution in [3.05, 3.63) is 23.8 Å². The Kier molecular flexibility index (Phi) is 4.92. The molecule has 0 unspecified atom stereocenters. The molecule has 6 heteroatoms. The Morgan fingerprint density at radius 3 is 2.58 bits per heavy atom. The van der Waals surface area contributed by atoms with E-state index >= 15 is 0 Å². The Bertz CT molecular complexity index is 624. The number of carbonyl (C=O) groups is 2. The van der Waals surface area contributed by atoms with Crippen molar-refractivity contribution in [1.82, 2.24) is 5.32 Å². The van der Waals surface area contributed by atoms with Gasteiger partial charge in [0.1, 0.15) is 5.92 Å². The molecule has 1 N–H and O–H groups in total. The summed E-state index contributed by atoms with van der Waals surface area (Å²) >= 11 is 0. The largest absolute Gasteiger partial charge is 0.493 e. The molecule has 2 aliphatic rings. The molecule has 0 aromatic heterocycles. The van der Waals surface area contributed by atoms with E-state index in [1.165, 1.54) is 20.0 Å². The van der Waals surface area contributed by atoms with Crippen molar-refractivity contribution in [3.8, 4) is 11.5 Å². The summed E-state index contributed by atoms with van der Waals surface area (Å²) in [5.41, 5.74) is 0.873. The van der Waals surface area contributed by atoms with Crippen molar-refractivity contribution in [2.24, 2.45) is 5.92 Å². The lowest BCUT2D eigenvalue weighted by molar-refractivity contribution is -0.149. The number of carbonyl (C=O) groups excluding carboxylic acids is 2. The third kappa shape index (κ3) is 3.18. The van der Waals surface area contributed by atoms with E-state index in [1.807, 2.05) is 18.2 Å². The maximum Gasteiger partial charge on any atom is 0.318 e. The van der Waals surface area contributed by atoms with Gasteiger partial charge < -0.3 is 19.5 Å². The first kappa shape index (κ1) is 16.6. The fourth-order valence-corrected chi connectivity index (χ4v) is 3.53. The Morgan fingerprint density at radius 2 is 1.92 bits per heavy atom. The monoisotopic (exact) mass is 333 g/mol. The van der Waals surface area contributed by atoms with Gasteiger partial charge in [0.15, 0.2) is 11.5 Å². The number of amides is 1. The highest BCUT2D eigenvalue weighted by Crippen LogP contribution is 2.37. The molecule has 2 fully saturated rings. The summed E-state index contributed by atoms with van der Waals surface area (Å²) in [5, 5.41) is 2.74. The summed E-state index contributed by atoms with van der Waals surface area (Å²) in [7, 11) is 2.90. The van der Waals surface area contributed by atoms with Crippen LogP contribution >= 0.6 is 0 Å². The summed E-state index contributed by atoms with van der Waals surface area (Å²) < 4.78 is 16.3. The van der Waals surface area contributed by atoms with Gasteiger partial charge in [0.05, 0.1) is 20.3 Å². The number of rotatable bonds is 5. The SMILES string of the molecule is COC(=O)[C@H]1C(=O)NC[C@@H]1c1ccc(OC)c(OC2CCCC2)c1. The van der Waals surface area contributed by atoms with Gasteiger partial charge in [-0.3, -0.25) is 9.59 Å². The van der Waals surface area contributed by atoms with Crippen molar-refractivity contribution >= 4 is 11.9 Å². The minimum Gasteiger partial charge on any atom is -0.493 e. The molecule has 6 nitrogen and oxygen atoms in total. The van der Waals surface area contributed by atoms with Crippen LogP contribution in [0.25, 0.3) is 0 Å². The Balaban J connectivity index is 1.87. The molecule has 0 spiro atoms. The van der Waals surface area contributed by atoms with Crippen molar-refractivity contribution in [3.63, 3.8) is 0 Å². The van der Waals surface area contributed by atoms with Crippen LogP contribution in [-0.2, 0) is 14.3 Å². The molecule has 0 radical (unpaired) electrons. The minimum atomic E-state index is -0.817. The smallest absolute Gasteiger partial charge is 0.318 e. The van der Waals surface area contributed by atoms with Crippen LogP contribution in [-0.4, -0.2) is 38.7 Å². The first-order valence-electron chi connectivity index (χ1n) is 8.34. The van der Waals surface area contributed by atoms with Gasteiger partial charge in [-0.1, -0.05) is 6.07 Å². The van der Waals surface area contributed by atoms with Crippen molar-refractivity contribution < 1.29 is 23.8 Å². The molecule has 3 rings (SSSR count). The van der Waals surface area contributed by atoms with Gasteiger partial charge in [0, 0.05) is 12.5 Å². The molecule has 0 bridgehead atoms. The normalized spacial score (nSPS) is 23.8. The summed E-state index contributed by atoms with van der Waals surface area (Å²) in [4.78, 5) is 23.9. The Hall–Kier alpha value is -2.24. The average Bonchev–Trinajstić information content (AvgIpc) is 3.23. The topological polar surface area (TPSA) is 73.9 Å². The zero-order valence-corrected chi connectivity index (χ0v) is 14.0. The summed E-state index contributed by atoms with van der Waals surface area (Å²) in [6, 6.07) is 5.59. The lowest BCUT2D eigenvalue weighted by Gasteiger charge is -2.20. The maximum atomic E-state index is 12.0. The quantitative estimate of drug-likeness (QED) is 0.659. The summed E-state index contributed by atoms with van der Waals surface area (Å²) in [6.07, 6.45) is 4.65. The van der Waals surface area contributed by atoms with Crippen molar-refractivity contribution in [2.45, 2.75) is 37.7 Å². The van der Waals surface area contributed by atoms with E-state index in [4.69, 9.17) is 14.2 Å². The number of hydrogen-bond acceptors (Lipinski definition) is 5. The van der Waals surface area contributed by atoms with E-state index < -0.39 is 11.9 Å². The molecule has 1 amide bonds. The first-order valence-corrected chi connectivity index (χ1v) is 8.34. The lowest BCUT2D eigenvalue weighted by Crippen LogP contribution is -2.28. The van der Waals surface area contributed by atoms with Crippen LogP contribution in [0.2, 0.25) is 0 Å². The van der Waals surface area contributed by atoms with Crippen LogP contribution in [0.4, 0.5) is 0 Å². The second kappa shape index (κ2) is 7.11. The molecule has 24 heavy (non-hydrogen) atoms. The number of esters is 1. The lowest BCUT2D eigenvalue weighted by atomic mass is 9.88. The van der Waals surface area contributed by atoms with Crippen LogP contribution in [0.5, 0.6) is 11.5 Å². The molecule has 1 saturated heterocycles. The first-order chi connectivity index (χ1) is 11.6. The molecular weight excluding hydrogens is 310 g/mol. The van der Waals surface area contributed by atoms with Crippen LogP contribution in [0.3, 0.4) is 0 Å². The van der Waals surface area contributed by atoms with Crippen molar-refractivity contribution in [2.75, 3.05) is 20.8 Å². The van der Waals surface area contributed by atoms with Gasteiger partial charge in [-0.2, -0.15) is 0 Å².